The van der Waals surface area contributed by atoms with E-state index in [1.54, 1.807) is 57.7 Å². The molecule has 0 aliphatic rings. The number of hydrogen-bond donors (Lipinski definition) is 0. The number of carbonyl (C=O) groups excluding carboxylic acids is 1. The van der Waals surface area contributed by atoms with Gasteiger partial charge in [-0.25, -0.2) is 4.79 Å². The van der Waals surface area contributed by atoms with Crippen LogP contribution >= 0.6 is 0 Å². The summed E-state index contributed by atoms with van der Waals surface area (Å²) >= 11 is 0. The van der Waals surface area contributed by atoms with Crippen LogP contribution in [0, 0.1) is 0 Å². The van der Waals surface area contributed by atoms with Crippen molar-refractivity contribution in [2.24, 2.45) is 0 Å². The van der Waals surface area contributed by atoms with Crippen LogP contribution in [0.15, 0.2) is 47.0 Å². The Morgan fingerprint density at radius 1 is 1.04 bits per heavy atom. The molecule has 0 fully saturated rings. The fourth-order valence-electron chi connectivity index (χ4n) is 2.57. The zero-order valence-corrected chi connectivity index (χ0v) is 15.8. The number of rotatable bonds is 8. The van der Waals surface area contributed by atoms with Crippen LogP contribution in [-0.2, 0) is 22.7 Å². The summed E-state index contributed by atoms with van der Waals surface area (Å²) in [7, 11) is 4.70. The van der Waals surface area contributed by atoms with Gasteiger partial charge < -0.3 is 23.5 Å². The molecule has 0 spiro atoms. The zero-order valence-electron chi connectivity index (χ0n) is 15.8. The largest absolute Gasteiger partial charge is 0.497 e. The maximum Gasteiger partial charge on any atom is 0.338 e. The number of ether oxygens (including phenoxy) is 4. The first kappa shape index (κ1) is 19.4. The summed E-state index contributed by atoms with van der Waals surface area (Å²) in [5, 5.41) is 3.92. The molecule has 0 amide bonds. The molecule has 0 radical (unpaired) electrons. The van der Waals surface area contributed by atoms with Crippen LogP contribution in [-0.4, -0.2) is 37.4 Å². The Balaban J connectivity index is 1.68. The highest BCUT2D eigenvalue weighted by atomic mass is 16.6. The fourth-order valence-corrected chi connectivity index (χ4v) is 2.57. The van der Waals surface area contributed by atoms with E-state index >= 15 is 0 Å². The van der Waals surface area contributed by atoms with Crippen molar-refractivity contribution < 1.29 is 28.3 Å². The summed E-state index contributed by atoms with van der Waals surface area (Å²) < 4.78 is 26.0. The number of methoxy groups -OCH3 is 3. The molecule has 0 saturated heterocycles. The van der Waals surface area contributed by atoms with Gasteiger partial charge in [0.15, 0.2) is 6.61 Å². The van der Waals surface area contributed by atoms with Gasteiger partial charge in [-0.1, -0.05) is 17.3 Å². The number of hydrogen-bond acceptors (Lipinski definition) is 8. The minimum Gasteiger partial charge on any atom is -0.497 e. The van der Waals surface area contributed by atoms with Gasteiger partial charge in [0, 0.05) is 13.2 Å². The molecule has 0 aliphatic heterocycles. The molecule has 0 unspecified atom stereocenters. The van der Waals surface area contributed by atoms with E-state index in [2.05, 4.69) is 10.1 Å². The van der Waals surface area contributed by atoms with Gasteiger partial charge in [-0.3, -0.25) is 0 Å². The van der Waals surface area contributed by atoms with Crippen LogP contribution in [0.4, 0.5) is 0 Å². The van der Waals surface area contributed by atoms with Crippen molar-refractivity contribution >= 4 is 5.97 Å². The molecule has 1 heterocycles. The van der Waals surface area contributed by atoms with Gasteiger partial charge in [-0.15, -0.1) is 0 Å². The van der Waals surface area contributed by atoms with Gasteiger partial charge >= 0.3 is 5.97 Å². The summed E-state index contributed by atoms with van der Waals surface area (Å²) in [5.41, 5.74) is 1.94. The van der Waals surface area contributed by atoms with E-state index in [0.717, 1.165) is 5.56 Å². The predicted octanol–water partition coefficient (Wildman–Crippen LogP) is 3.26. The fraction of sp³-hybridized carbons (Fsp3) is 0.250. The predicted molar refractivity (Wildman–Crippen MR) is 99.1 cm³/mol. The Kier molecular flexibility index (Phi) is 6.23. The Morgan fingerprint density at radius 2 is 1.89 bits per heavy atom. The number of aromatic nitrogens is 2. The molecule has 2 aromatic carbocycles. The monoisotopic (exact) mass is 384 g/mol. The molecule has 8 heteroatoms. The van der Waals surface area contributed by atoms with Crippen molar-refractivity contribution in [3.8, 4) is 22.9 Å². The lowest BCUT2D eigenvalue weighted by Gasteiger charge is -2.07. The van der Waals surface area contributed by atoms with Gasteiger partial charge in [0.1, 0.15) is 11.5 Å². The topological polar surface area (TPSA) is 92.9 Å². The van der Waals surface area contributed by atoms with Crippen molar-refractivity contribution in [2.75, 3.05) is 21.3 Å². The summed E-state index contributed by atoms with van der Waals surface area (Å²) in [6.07, 6.45) is 0. The Labute approximate surface area is 162 Å². The van der Waals surface area contributed by atoms with Crippen LogP contribution in [0.2, 0.25) is 0 Å². The quantitative estimate of drug-likeness (QED) is 0.547. The third kappa shape index (κ3) is 4.47. The van der Waals surface area contributed by atoms with Gasteiger partial charge in [0.05, 0.1) is 32.0 Å². The Hall–Kier alpha value is -3.39. The molecule has 3 rings (SSSR count). The van der Waals surface area contributed by atoms with Crippen molar-refractivity contribution in [1.82, 2.24) is 10.1 Å². The Bertz CT molecular complexity index is 953. The van der Waals surface area contributed by atoms with Crippen molar-refractivity contribution in [1.29, 1.82) is 0 Å². The highest BCUT2D eigenvalue weighted by Gasteiger charge is 2.16. The van der Waals surface area contributed by atoms with E-state index in [4.69, 9.17) is 23.5 Å². The van der Waals surface area contributed by atoms with Gasteiger partial charge in [0.25, 0.3) is 5.89 Å². The standard InChI is InChI=1S/C20H20N2O6/c1-24-11-13-5-4-6-14(9-13)20(23)27-12-18-21-19(22-28-18)16-8-7-15(25-2)10-17(16)26-3/h4-10H,11-12H2,1-3H3. The maximum absolute atomic E-state index is 12.2. The summed E-state index contributed by atoms with van der Waals surface area (Å²) in [6.45, 7) is 0.274. The van der Waals surface area contributed by atoms with Crippen LogP contribution < -0.4 is 9.47 Å². The summed E-state index contributed by atoms with van der Waals surface area (Å²) in [5.74, 6) is 1.20. The molecular formula is C20H20N2O6. The Morgan fingerprint density at radius 3 is 2.64 bits per heavy atom. The van der Waals surface area contributed by atoms with E-state index in [-0.39, 0.29) is 12.5 Å². The first-order chi connectivity index (χ1) is 13.6. The van der Waals surface area contributed by atoms with Gasteiger partial charge in [-0.2, -0.15) is 4.98 Å². The first-order valence-corrected chi connectivity index (χ1v) is 8.44. The van der Waals surface area contributed by atoms with Crippen LogP contribution in [0.3, 0.4) is 0 Å². The molecule has 1 aromatic heterocycles. The van der Waals surface area contributed by atoms with E-state index in [1.807, 2.05) is 6.07 Å². The average molecular weight is 384 g/mol. The highest BCUT2D eigenvalue weighted by molar-refractivity contribution is 5.89. The van der Waals surface area contributed by atoms with Crippen molar-refractivity contribution in [3.05, 3.63) is 59.5 Å². The SMILES string of the molecule is COCc1cccc(C(=O)OCc2nc(-c3ccc(OC)cc3OC)no2)c1. The second kappa shape index (κ2) is 9.01. The molecule has 0 aliphatic carbocycles. The molecule has 0 bridgehead atoms. The molecule has 28 heavy (non-hydrogen) atoms. The van der Waals surface area contributed by atoms with Crippen LogP contribution in [0.25, 0.3) is 11.4 Å². The second-order valence-electron chi connectivity index (χ2n) is 5.79. The second-order valence-corrected chi connectivity index (χ2v) is 5.79. The van der Waals surface area contributed by atoms with E-state index in [0.29, 0.717) is 35.1 Å². The maximum atomic E-state index is 12.2. The lowest BCUT2D eigenvalue weighted by atomic mass is 10.1. The van der Waals surface area contributed by atoms with Crippen molar-refractivity contribution in [2.45, 2.75) is 13.2 Å². The number of benzene rings is 2. The molecule has 0 saturated carbocycles. The zero-order chi connectivity index (χ0) is 19.9. The molecule has 0 N–H and O–H groups in total. The highest BCUT2D eigenvalue weighted by Crippen LogP contribution is 2.31. The van der Waals surface area contributed by atoms with Crippen LogP contribution in [0.1, 0.15) is 21.8 Å². The lowest BCUT2D eigenvalue weighted by Crippen LogP contribution is -2.06. The van der Waals surface area contributed by atoms with Gasteiger partial charge in [0.2, 0.25) is 5.82 Å². The minimum atomic E-state index is -0.486. The minimum absolute atomic E-state index is 0.140. The van der Waals surface area contributed by atoms with E-state index in [1.165, 1.54) is 0 Å². The van der Waals surface area contributed by atoms with Crippen molar-refractivity contribution in [3.63, 3.8) is 0 Å². The van der Waals surface area contributed by atoms with E-state index < -0.39 is 5.97 Å². The third-order valence-corrected chi connectivity index (χ3v) is 3.92. The lowest BCUT2D eigenvalue weighted by molar-refractivity contribution is 0.0429. The molecule has 3 aromatic rings. The van der Waals surface area contributed by atoms with E-state index in [9.17, 15) is 4.79 Å². The molecule has 8 nitrogen and oxygen atoms in total. The molecule has 0 atom stereocenters. The summed E-state index contributed by atoms with van der Waals surface area (Å²) in [4.78, 5) is 16.5. The number of nitrogens with zero attached hydrogens (tertiary/aromatic N) is 2. The first-order valence-electron chi connectivity index (χ1n) is 8.44. The molecule has 146 valence electrons. The summed E-state index contributed by atoms with van der Waals surface area (Å²) in [6, 6.07) is 12.3. The molecular weight excluding hydrogens is 364 g/mol. The smallest absolute Gasteiger partial charge is 0.338 e. The van der Waals surface area contributed by atoms with Crippen LogP contribution in [0.5, 0.6) is 11.5 Å². The normalized spacial score (nSPS) is 10.5. The number of esters is 1. The van der Waals surface area contributed by atoms with Gasteiger partial charge in [-0.05, 0) is 29.8 Å². The number of carbonyl (C=O) groups is 1. The third-order valence-electron chi connectivity index (χ3n) is 3.92. The average Bonchev–Trinajstić information content (AvgIpc) is 3.20.